The van der Waals surface area contributed by atoms with Crippen molar-refractivity contribution < 1.29 is 27.9 Å². The summed E-state index contributed by atoms with van der Waals surface area (Å²) in [6, 6.07) is 22.9. The lowest BCUT2D eigenvalue weighted by Gasteiger charge is -2.15. The number of aromatic amines is 1. The number of pyridine rings is 1. The molecule has 2 aromatic heterocycles. The molecule has 0 bridgehead atoms. The third-order valence-corrected chi connectivity index (χ3v) is 6.48. The van der Waals surface area contributed by atoms with E-state index in [0.717, 1.165) is 39.0 Å². The summed E-state index contributed by atoms with van der Waals surface area (Å²) in [6.07, 6.45) is 0.529. The lowest BCUT2D eigenvalue weighted by atomic mass is 10.0. The minimum absolute atomic E-state index is 0.0992. The Kier molecular flexibility index (Phi) is 9.16. The van der Waals surface area contributed by atoms with E-state index in [2.05, 4.69) is 20.6 Å². The minimum Gasteiger partial charge on any atom is -0.475 e. The van der Waals surface area contributed by atoms with Crippen LogP contribution >= 0.6 is 23.2 Å². The second kappa shape index (κ2) is 12.8. The summed E-state index contributed by atoms with van der Waals surface area (Å²) < 4.78 is 31.7. The molecule has 0 unspecified atom stereocenters. The number of nitrogens with one attached hydrogen (secondary N) is 3. The molecule has 0 aliphatic carbocycles. The first-order valence-electron chi connectivity index (χ1n) is 11.9. The molecule has 0 saturated carbocycles. The highest BCUT2D eigenvalue weighted by atomic mass is 35.5. The fourth-order valence-electron chi connectivity index (χ4n) is 3.88. The van der Waals surface area contributed by atoms with Crippen molar-refractivity contribution in [1.29, 1.82) is 0 Å². The highest BCUT2D eigenvalue weighted by Crippen LogP contribution is 2.36. The van der Waals surface area contributed by atoms with E-state index in [-0.39, 0.29) is 12.3 Å². The quantitative estimate of drug-likeness (QED) is 0.157. The van der Waals surface area contributed by atoms with Crippen molar-refractivity contribution in [2.45, 2.75) is 12.6 Å². The van der Waals surface area contributed by atoms with E-state index in [4.69, 9.17) is 33.1 Å². The summed E-state index contributed by atoms with van der Waals surface area (Å²) in [5, 5.41) is 15.5. The average Bonchev–Trinajstić information content (AvgIpc) is 3.34. The van der Waals surface area contributed by atoms with Gasteiger partial charge in [0, 0.05) is 40.2 Å². The smallest absolute Gasteiger partial charge is 0.475 e. The molecule has 12 heteroatoms. The maximum absolute atomic E-state index is 12.9. The summed E-state index contributed by atoms with van der Waals surface area (Å²) in [6.45, 7) is 0. The van der Waals surface area contributed by atoms with E-state index < -0.39 is 12.1 Å². The Morgan fingerprint density at radius 1 is 0.927 bits per heavy atom. The van der Waals surface area contributed by atoms with Gasteiger partial charge in [-0.3, -0.25) is 9.78 Å². The number of halogens is 5. The number of benzene rings is 3. The molecular weight excluding hydrogens is 580 g/mol. The van der Waals surface area contributed by atoms with Crippen LogP contribution in [-0.2, 0) is 16.0 Å². The predicted molar refractivity (Wildman–Crippen MR) is 154 cm³/mol. The van der Waals surface area contributed by atoms with Crippen molar-refractivity contribution in [2.24, 2.45) is 0 Å². The van der Waals surface area contributed by atoms with E-state index >= 15 is 0 Å². The Balaban J connectivity index is 0.000000493. The Hall–Kier alpha value is -4.54. The van der Waals surface area contributed by atoms with Crippen LogP contribution in [-0.4, -0.2) is 33.1 Å². The van der Waals surface area contributed by atoms with Crippen LogP contribution in [0.25, 0.3) is 22.0 Å². The number of hydrogen-bond acceptors (Lipinski definition) is 4. The second-order valence-corrected chi connectivity index (χ2v) is 9.46. The molecule has 3 aromatic carbocycles. The maximum atomic E-state index is 12.9. The van der Waals surface area contributed by atoms with Crippen molar-refractivity contribution in [1.82, 2.24) is 9.97 Å². The number of aromatic nitrogens is 2. The van der Waals surface area contributed by atoms with Crippen LogP contribution in [0.15, 0.2) is 91.4 Å². The van der Waals surface area contributed by atoms with Crippen LogP contribution in [0, 0.1) is 0 Å². The molecule has 4 N–H and O–H groups in total. The van der Waals surface area contributed by atoms with E-state index in [1.165, 1.54) is 0 Å². The van der Waals surface area contributed by atoms with Gasteiger partial charge in [0.05, 0.1) is 28.4 Å². The summed E-state index contributed by atoms with van der Waals surface area (Å²) in [7, 11) is 0. The third kappa shape index (κ3) is 7.77. The zero-order valence-electron chi connectivity index (χ0n) is 21.0. The molecular formula is C29H21Cl2F3N4O3. The lowest BCUT2D eigenvalue weighted by Crippen LogP contribution is -2.21. The van der Waals surface area contributed by atoms with Crippen LogP contribution in [0.5, 0.6) is 0 Å². The molecule has 0 aliphatic heterocycles. The molecule has 0 saturated heterocycles. The molecule has 7 nitrogen and oxygen atoms in total. The van der Waals surface area contributed by atoms with E-state index in [1.807, 2.05) is 72.9 Å². The first kappa shape index (κ1) is 29.4. The van der Waals surface area contributed by atoms with Crippen molar-refractivity contribution in [3.8, 4) is 11.1 Å². The Labute approximate surface area is 241 Å². The number of carbonyl (C=O) groups is 2. The fraction of sp³-hybridized carbons (Fsp3) is 0.0690. The van der Waals surface area contributed by atoms with Crippen molar-refractivity contribution in [3.05, 3.63) is 107 Å². The van der Waals surface area contributed by atoms with Gasteiger partial charge in [0.25, 0.3) is 0 Å². The standard InChI is InChI=1S/C27H20Cl2N4O.C2HF3O2/c28-23-9-7-17(12-24(23)29)22-14-19(8-10-26(22)32-20-4-3-11-30-16-20)33-27(34)13-18-15-31-25-6-2-1-5-21(18)25;3-2(4,5)1(6)7/h1-12,14-16,31-32H,13H2,(H,33,34);(H,6,7). The van der Waals surface area contributed by atoms with Gasteiger partial charge in [-0.2, -0.15) is 13.2 Å². The van der Waals surface area contributed by atoms with Gasteiger partial charge in [0.2, 0.25) is 5.91 Å². The zero-order valence-corrected chi connectivity index (χ0v) is 22.5. The van der Waals surface area contributed by atoms with Crippen LogP contribution in [0.4, 0.5) is 30.2 Å². The number of carbonyl (C=O) groups excluding carboxylic acids is 1. The molecule has 5 aromatic rings. The van der Waals surface area contributed by atoms with Crippen LogP contribution in [0.1, 0.15) is 5.56 Å². The van der Waals surface area contributed by atoms with E-state index in [9.17, 15) is 18.0 Å². The molecule has 0 radical (unpaired) electrons. The minimum atomic E-state index is -5.08. The van der Waals surface area contributed by atoms with Gasteiger partial charge >= 0.3 is 12.1 Å². The van der Waals surface area contributed by atoms with Gasteiger partial charge in [-0.15, -0.1) is 0 Å². The summed E-state index contributed by atoms with van der Waals surface area (Å²) in [5.74, 6) is -2.86. The first-order chi connectivity index (χ1) is 19.5. The molecule has 5 rings (SSSR count). The lowest BCUT2D eigenvalue weighted by molar-refractivity contribution is -0.192. The van der Waals surface area contributed by atoms with Gasteiger partial charge < -0.3 is 20.7 Å². The highest BCUT2D eigenvalue weighted by Gasteiger charge is 2.38. The SMILES string of the molecule is O=C(Cc1c[nH]c2ccccc12)Nc1ccc(Nc2cccnc2)c(-c2ccc(Cl)c(Cl)c2)c1.O=C(O)C(F)(F)F. The van der Waals surface area contributed by atoms with Gasteiger partial charge in [0.1, 0.15) is 0 Å². The number of carboxylic acids is 1. The molecule has 2 heterocycles. The van der Waals surface area contributed by atoms with Crippen molar-refractivity contribution in [2.75, 3.05) is 10.6 Å². The van der Waals surface area contributed by atoms with Crippen LogP contribution < -0.4 is 10.6 Å². The Morgan fingerprint density at radius 3 is 2.37 bits per heavy atom. The first-order valence-corrected chi connectivity index (χ1v) is 12.7. The molecule has 0 fully saturated rings. The van der Waals surface area contributed by atoms with Gasteiger partial charge in [-0.05, 0) is 59.7 Å². The summed E-state index contributed by atoms with van der Waals surface area (Å²) in [5.41, 5.74) is 6.08. The largest absolute Gasteiger partial charge is 0.490 e. The number of anilines is 3. The molecule has 210 valence electrons. The Morgan fingerprint density at radius 2 is 1.68 bits per heavy atom. The third-order valence-electron chi connectivity index (χ3n) is 5.74. The molecule has 0 aliphatic rings. The summed E-state index contributed by atoms with van der Waals surface area (Å²) >= 11 is 12.4. The molecule has 1 amide bonds. The fourth-order valence-corrected chi connectivity index (χ4v) is 4.18. The molecule has 41 heavy (non-hydrogen) atoms. The number of para-hydroxylation sites is 1. The predicted octanol–water partition coefficient (Wildman–Crippen LogP) is 8.09. The van der Waals surface area contributed by atoms with Gasteiger partial charge in [-0.1, -0.05) is 47.5 Å². The number of nitrogens with zero attached hydrogens (tertiary/aromatic N) is 1. The number of carboxylic acid groups (broad SMARTS) is 1. The number of H-pyrrole nitrogens is 1. The molecule has 0 atom stereocenters. The van der Waals surface area contributed by atoms with E-state index in [1.54, 1.807) is 18.5 Å². The van der Waals surface area contributed by atoms with Crippen LogP contribution in [0.2, 0.25) is 10.0 Å². The number of amides is 1. The number of hydrogen-bond donors (Lipinski definition) is 4. The number of rotatable bonds is 6. The maximum Gasteiger partial charge on any atom is 0.490 e. The van der Waals surface area contributed by atoms with Gasteiger partial charge in [-0.25, -0.2) is 4.79 Å². The monoisotopic (exact) mass is 600 g/mol. The zero-order chi connectivity index (χ0) is 29.6. The summed E-state index contributed by atoms with van der Waals surface area (Å²) in [4.78, 5) is 29.1. The topological polar surface area (TPSA) is 107 Å². The second-order valence-electron chi connectivity index (χ2n) is 8.64. The number of fused-ring (bicyclic) bond motifs is 1. The van der Waals surface area contributed by atoms with Crippen LogP contribution in [0.3, 0.4) is 0 Å². The average molecular weight is 601 g/mol. The normalized spacial score (nSPS) is 11.0. The van der Waals surface area contributed by atoms with Crippen molar-refractivity contribution in [3.63, 3.8) is 0 Å². The number of aliphatic carboxylic acids is 1. The van der Waals surface area contributed by atoms with E-state index in [0.29, 0.717) is 15.7 Å². The number of alkyl halides is 3. The van der Waals surface area contributed by atoms with Gasteiger partial charge in [0.15, 0.2) is 0 Å². The molecule has 0 spiro atoms. The highest BCUT2D eigenvalue weighted by molar-refractivity contribution is 6.42. The Bertz CT molecular complexity index is 1690. The van der Waals surface area contributed by atoms with Crippen molar-refractivity contribution >= 4 is 63.0 Å².